The molecule has 5 N–H and O–H groups in total. The van der Waals surface area contributed by atoms with Crippen molar-refractivity contribution in [2.75, 3.05) is 0 Å². The number of benzene rings is 2. The van der Waals surface area contributed by atoms with Gasteiger partial charge in [-0.2, -0.15) is 0 Å². The van der Waals surface area contributed by atoms with Gasteiger partial charge in [0, 0.05) is 12.1 Å². The van der Waals surface area contributed by atoms with Crippen LogP contribution in [0.2, 0.25) is 0 Å². The van der Waals surface area contributed by atoms with E-state index in [1.54, 1.807) is 0 Å². The van der Waals surface area contributed by atoms with Crippen molar-refractivity contribution < 1.29 is 35.1 Å². The molecule has 9 nitrogen and oxygen atoms in total. The van der Waals surface area contributed by atoms with Crippen LogP contribution in [0, 0.1) is 0 Å². The number of rotatable bonds is 5. The lowest BCUT2D eigenvalue weighted by Crippen LogP contribution is -1.80. The van der Waals surface area contributed by atoms with Crippen molar-refractivity contribution in [1.82, 2.24) is 0 Å². The van der Waals surface area contributed by atoms with Gasteiger partial charge in [-0.3, -0.25) is 0 Å². The van der Waals surface area contributed by atoms with E-state index in [0.717, 1.165) is 12.1 Å². The van der Waals surface area contributed by atoms with Gasteiger partial charge in [0.25, 0.3) is 0 Å². The largest absolute Gasteiger partial charge is 0.508 e. The highest BCUT2D eigenvalue weighted by molar-refractivity contribution is 7.94. The molecule has 0 bridgehead atoms. The van der Waals surface area contributed by atoms with Gasteiger partial charge in [-0.25, -0.2) is 5.26 Å². The smallest absolute Gasteiger partial charge is 0.146 e. The molecule has 0 spiro atoms. The highest BCUT2D eigenvalue weighted by Crippen LogP contribution is 2.40. The third-order valence-electron chi connectivity index (χ3n) is 2.43. The zero-order chi connectivity index (χ0) is 16.1. The van der Waals surface area contributed by atoms with E-state index in [4.69, 9.17) is 10.4 Å². The Morgan fingerprint density at radius 3 is 2.18 bits per heavy atom. The molecule has 2 aromatic carbocycles. The Kier molecular flexibility index (Phi) is 5.01. The average Bonchev–Trinajstić information content (AvgIpc) is 2.47. The maximum atomic E-state index is 9.69. The van der Waals surface area contributed by atoms with E-state index in [1.165, 1.54) is 18.2 Å². The van der Waals surface area contributed by atoms with Gasteiger partial charge < -0.3 is 20.4 Å². The number of hydrogen-bond acceptors (Lipinski definition) is 10. The quantitative estimate of drug-likeness (QED) is 0.243. The number of phenols is 4. The molecule has 0 aromatic heterocycles. The van der Waals surface area contributed by atoms with Crippen molar-refractivity contribution in [2.45, 2.75) is 4.90 Å². The van der Waals surface area contributed by atoms with E-state index in [2.05, 4.69) is 19.6 Å². The number of hydrogen-bond donors (Lipinski definition) is 5. The van der Waals surface area contributed by atoms with Crippen LogP contribution in [0.3, 0.4) is 0 Å². The van der Waals surface area contributed by atoms with Crippen molar-refractivity contribution in [3.8, 4) is 23.0 Å². The van der Waals surface area contributed by atoms with Gasteiger partial charge in [0.15, 0.2) is 0 Å². The van der Waals surface area contributed by atoms with Gasteiger partial charge in [0.05, 0.1) is 16.9 Å². The molecule has 2 aromatic rings. The summed E-state index contributed by atoms with van der Waals surface area (Å²) in [6, 6.07) is 5.92. The van der Waals surface area contributed by atoms with Crippen molar-refractivity contribution in [3.05, 3.63) is 30.3 Å². The van der Waals surface area contributed by atoms with Gasteiger partial charge in [-0.05, 0) is 18.2 Å². The second-order valence-corrected chi connectivity index (χ2v) is 4.65. The predicted octanol–water partition coefficient (Wildman–Crippen LogP) is 3.35. The minimum absolute atomic E-state index is 0.0330. The fraction of sp³-hybridized carbons (Fsp3) is 0. The lowest BCUT2D eigenvalue weighted by molar-refractivity contribution is -0.432. The first-order valence-electron chi connectivity index (χ1n) is 5.65. The lowest BCUT2D eigenvalue weighted by Gasteiger charge is -2.04. The normalized spacial score (nSPS) is 11.1. The van der Waals surface area contributed by atoms with Crippen LogP contribution in [-0.2, 0) is 9.37 Å². The predicted molar refractivity (Wildman–Crippen MR) is 74.4 cm³/mol. The van der Waals surface area contributed by atoms with Crippen molar-refractivity contribution in [2.24, 2.45) is 10.2 Å². The van der Waals surface area contributed by atoms with E-state index in [-0.39, 0.29) is 39.3 Å². The monoisotopic (exact) mass is 326 g/mol. The average molecular weight is 326 g/mol. The Labute approximate surface area is 127 Å². The van der Waals surface area contributed by atoms with Crippen LogP contribution in [0.4, 0.5) is 11.4 Å². The van der Waals surface area contributed by atoms with Crippen LogP contribution in [-0.4, -0.2) is 25.7 Å². The highest BCUT2D eigenvalue weighted by atomic mass is 32.2. The van der Waals surface area contributed by atoms with Crippen LogP contribution in [0.5, 0.6) is 23.0 Å². The molecule has 0 amide bonds. The molecule has 2 rings (SSSR count). The first kappa shape index (κ1) is 15.9. The van der Waals surface area contributed by atoms with Gasteiger partial charge >= 0.3 is 0 Å². The van der Waals surface area contributed by atoms with Gasteiger partial charge in [-0.15, -0.1) is 14.6 Å². The summed E-state index contributed by atoms with van der Waals surface area (Å²) in [6.07, 6.45) is 0. The van der Waals surface area contributed by atoms with Crippen LogP contribution in [0.1, 0.15) is 0 Å². The number of azo groups is 1. The molecule has 0 saturated carbocycles. The molecule has 0 aliphatic carbocycles. The maximum absolute atomic E-state index is 9.69. The second kappa shape index (κ2) is 6.95. The molecular formula is C12H10N2O7S. The van der Waals surface area contributed by atoms with Crippen molar-refractivity contribution >= 4 is 23.4 Å². The van der Waals surface area contributed by atoms with Crippen LogP contribution >= 0.6 is 12.0 Å². The van der Waals surface area contributed by atoms with E-state index in [0.29, 0.717) is 12.0 Å². The van der Waals surface area contributed by atoms with E-state index < -0.39 is 0 Å². The van der Waals surface area contributed by atoms with Crippen molar-refractivity contribution in [3.63, 3.8) is 0 Å². The zero-order valence-corrected chi connectivity index (χ0v) is 11.6. The summed E-state index contributed by atoms with van der Waals surface area (Å²) in [6.45, 7) is 0. The zero-order valence-electron chi connectivity index (χ0n) is 10.7. The first-order valence-corrected chi connectivity index (χ1v) is 6.40. The molecule has 0 aliphatic heterocycles. The minimum atomic E-state index is -0.367. The Morgan fingerprint density at radius 1 is 0.818 bits per heavy atom. The summed E-state index contributed by atoms with van der Waals surface area (Å²) in [4.78, 5) is 0.0933. The summed E-state index contributed by atoms with van der Waals surface area (Å²) < 4.78 is 4.18. The Balaban J connectivity index is 2.29. The molecule has 0 aliphatic rings. The van der Waals surface area contributed by atoms with Crippen molar-refractivity contribution in [1.29, 1.82) is 0 Å². The SMILES string of the molecule is OOOSc1cc(N=Nc2ccc(O)cc2O)c(O)cc1O. The minimum Gasteiger partial charge on any atom is -0.508 e. The first-order chi connectivity index (χ1) is 10.5. The topological polar surface area (TPSA) is 144 Å². The fourth-order valence-corrected chi connectivity index (χ4v) is 1.86. The molecule has 0 unspecified atom stereocenters. The molecular weight excluding hydrogens is 316 g/mol. The molecule has 0 atom stereocenters. The Hall–Kier alpha value is -2.53. The molecule has 0 saturated heterocycles. The molecule has 0 heterocycles. The molecule has 0 radical (unpaired) electrons. The highest BCUT2D eigenvalue weighted by Gasteiger charge is 2.11. The third kappa shape index (κ3) is 3.77. The van der Waals surface area contributed by atoms with E-state index in [9.17, 15) is 15.3 Å². The second-order valence-electron chi connectivity index (χ2n) is 3.91. The number of aromatic hydroxyl groups is 4. The van der Waals surface area contributed by atoms with E-state index >= 15 is 0 Å². The third-order valence-corrected chi connectivity index (χ3v) is 3.07. The Morgan fingerprint density at radius 2 is 1.50 bits per heavy atom. The van der Waals surface area contributed by atoms with Crippen LogP contribution < -0.4 is 0 Å². The van der Waals surface area contributed by atoms with Crippen LogP contribution in [0.25, 0.3) is 0 Å². The van der Waals surface area contributed by atoms with Crippen LogP contribution in [0.15, 0.2) is 45.5 Å². The summed E-state index contributed by atoms with van der Waals surface area (Å²) in [5, 5.41) is 56.9. The summed E-state index contributed by atoms with van der Waals surface area (Å²) in [7, 11) is 0. The van der Waals surface area contributed by atoms with E-state index in [1.807, 2.05) is 0 Å². The lowest BCUT2D eigenvalue weighted by atomic mass is 10.3. The molecule has 0 fully saturated rings. The summed E-state index contributed by atoms with van der Waals surface area (Å²) >= 11 is 0.479. The fourth-order valence-electron chi connectivity index (χ4n) is 1.45. The number of nitrogens with zero attached hydrogens (tertiary/aromatic N) is 2. The molecule has 10 heteroatoms. The standard InChI is InChI=1S/C12H10N2O7S/c15-6-1-2-7(9(16)3-6)13-14-8-4-12(22-21-20-19)11(18)5-10(8)17/h1-5,15-19H. The van der Waals surface area contributed by atoms with Gasteiger partial charge in [0.1, 0.15) is 34.4 Å². The van der Waals surface area contributed by atoms with Gasteiger partial charge in [0.2, 0.25) is 0 Å². The molecule has 22 heavy (non-hydrogen) atoms. The maximum Gasteiger partial charge on any atom is 0.146 e. The Bertz CT molecular complexity index is 708. The molecule has 116 valence electrons. The number of phenolic OH excluding ortho intramolecular Hbond substituents is 4. The van der Waals surface area contributed by atoms with Gasteiger partial charge in [-0.1, -0.05) is 5.04 Å². The summed E-state index contributed by atoms with van der Waals surface area (Å²) in [5.41, 5.74) is 0.0312. The summed E-state index contributed by atoms with van der Waals surface area (Å²) in [5.74, 6) is -1.13.